The van der Waals surface area contributed by atoms with Crippen LogP contribution in [0.2, 0.25) is 0 Å². The Morgan fingerprint density at radius 2 is 2.09 bits per heavy atom. The number of rotatable bonds is 4. The third kappa shape index (κ3) is 3.27. The number of nitrogens with one attached hydrogen (secondary N) is 2. The Labute approximate surface area is 128 Å². The summed E-state index contributed by atoms with van der Waals surface area (Å²) < 4.78 is 19.4. The molecule has 0 saturated carbocycles. The molecule has 2 unspecified atom stereocenters. The van der Waals surface area contributed by atoms with Gasteiger partial charge >= 0.3 is 12.0 Å². The number of benzene rings is 1. The van der Waals surface area contributed by atoms with Gasteiger partial charge < -0.3 is 15.4 Å². The zero-order valence-electron chi connectivity index (χ0n) is 12.8. The number of ether oxygens (including phenoxy) is 1. The smallest absolute Gasteiger partial charge is 0.338 e. The van der Waals surface area contributed by atoms with Gasteiger partial charge in [0.2, 0.25) is 0 Å². The Hall–Kier alpha value is -2.37. The minimum absolute atomic E-state index is 0.213. The van der Waals surface area contributed by atoms with Crippen LogP contribution >= 0.6 is 0 Å². The van der Waals surface area contributed by atoms with Crippen LogP contribution in [0.5, 0.6) is 0 Å². The van der Waals surface area contributed by atoms with Crippen molar-refractivity contribution in [3.05, 3.63) is 46.9 Å². The summed E-state index contributed by atoms with van der Waals surface area (Å²) in [4.78, 5) is 24.1. The number of carbonyl (C=O) groups is 2. The maximum Gasteiger partial charge on any atom is 0.338 e. The molecule has 2 N–H and O–H groups in total. The molecule has 1 aliphatic rings. The van der Waals surface area contributed by atoms with Crippen molar-refractivity contribution < 1.29 is 18.7 Å². The van der Waals surface area contributed by atoms with Crippen LogP contribution in [-0.2, 0) is 9.53 Å². The third-order valence-electron chi connectivity index (χ3n) is 3.59. The zero-order chi connectivity index (χ0) is 16.3. The molecule has 1 heterocycles. The fraction of sp³-hybridized carbons (Fsp3) is 0.375. The Balaban J connectivity index is 2.41. The van der Waals surface area contributed by atoms with Gasteiger partial charge in [0, 0.05) is 11.3 Å². The van der Waals surface area contributed by atoms with Crippen LogP contribution in [0.25, 0.3) is 0 Å². The summed E-state index contributed by atoms with van der Waals surface area (Å²) in [6.45, 7) is 5.27. The molecule has 0 aromatic heterocycles. The maximum atomic E-state index is 14.0. The molecular weight excluding hydrogens is 287 g/mol. The predicted octanol–water partition coefficient (Wildman–Crippen LogP) is 2.80. The van der Waals surface area contributed by atoms with E-state index in [1.165, 1.54) is 12.1 Å². The lowest BCUT2D eigenvalue weighted by molar-refractivity contribution is -0.144. The topological polar surface area (TPSA) is 67.4 Å². The molecule has 5 nitrogen and oxygen atoms in total. The van der Waals surface area contributed by atoms with E-state index >= 15 is 0 Å². The third-order valence-corrected chi connectivity index (χ3v) is 3.59. The van der Waals surface area contributed by atoms with E-state index < -0.39 is 23.9 Å². The summed E-state index contributed by atoms with van der Waals surface area (Å²) >= 11 is 0. The van der Waals surface area contributed by atoms with E-state index in [4.69, 9.17) is 4.74 Å². The van der Waals surface area contributed by atoms with E-state index in [0.29, 0.717) is 12.1 Å². The molecule has 118 valence electrons. The molecule has 0 saturated heterocycles. The predicted molar refractivity (Wildman–Crippen MR) is 79.4 cm³/mol. The minimum Gasteiger partial charge on any atom is -0.459 e. The molecule has 1 aromatic carbocycles. The summed E-state index contributed by atoms with van der Waals surface area (Å²) in [7, 11) is 0. The molecule has 2 rings (SSSR count). The van der Waals surface area contributed by atoms with E-state index in [0.717, 1.165) is 0 Å². The molecular formula is C16H19FN2O3. The summed E-state index contributed by atoms with van der Waals surface area (Å²) in [6.07, 6.45) is 0.411. The van der Waals surface area contributed by atoms with E-state index in [1.54, 1.807) is 26.0 Å². The van der Waals surface area contributed by atoms with Crippen molar-refractivity contribution in [2.45, 2.75) is 39.3 Å². The zero-order valence-corrected chi connectivity index (χ0v) is 12.8. The first kappa shape index (κ1) is 16.0. The molecule has 2 atom stereocenters. The average Bonchev–Trinajstić information content (AvgIpc) is 2.46. The highest BCUT2D eigenvalue weighted by Crippen LogP contribution is 2.29. The van der Waals surface area contributed by atoms with Gasteiger partial charge in [-0.15, -0.1) is 0 Å². The fourth-order valence-electron chi connectivity index (χ4n) is 2.24. The summed E-state index contributed by atoms with van der Waals surface area (Å²) in [5.74, 6) is -1.05. The highest BCUT2D eigenvalue weighted by atomic mass is 19.1. The first-order valence-corrected chi connectivity index (χ1v) is 7.17. The Bertz CT molecular complexity index is 628. The highest BCUT2D eigenvalue weighted by Gasteiger charge is 2.34. The molecule has 0 fully saturated rings. The second-order valence-corrected chi connectivity index (χ2v) is 5.22. The lowest BCUT2D eigenvalue weighted by atomic mass is 9.95. The second kappa shape index (κ2) is 6.60. The van der Waals surface area contributed by atoms with Crippen LogP contribution in [-0.4, -0.2) is 18.1 Å². The molecule has 22 heavy (non-hydrogen) atoms. The monoisotopic (exact) mass is 306 g/mol. The Kier molecular flexibility index (Phi) is 4.80. The standard InChI is InChI=1S/C16H19FN2O3/c1-4-9(2)22-15(20)13-10(3)18-16(21)19-14(13)11-7-5-6-8-12(11)17/h5-9,14H,4H2,1-3H3,(H2,18,19,21). The average molecular weight is 306 g/mol. The van der Waals surface area contributed by atoms with Gasteiger partial charge in [-0.2, -0.15) is 0 Å². The van der Waals surface area contributed by atoms with Crippen LogP contribution in [0.3, 0.4) is 0 Å². The SMILES string of the molecule is CCC(C)OC(=O)C1=C(C)NC(=O)NC1c1ccccc1F. The van der Waals surface area contributed by atoms with Gasteiger partial charge in [-0.05, 0) is 26.3 Å². The van der Waals surface area contributed by atoms with Crippen molar-refractivity contribution in [1.29, 1.82) is 0 Å². The van der Waals surface area contributed by atoms with Crippen molar-refractivity contribution in [2.24, 2.45) is 0 Å². The lowest BCUT2D eigenvalue weighted by Crippen LogP contribution is -2.45. The van der Waals surface area contributed by atoms with Gasteiger partial charge in [0.15, 0.2) is 0 Å². The maximum absolute atomic E-state index is 14.0. The molecule has 0 bridgehead atoms. The Morgan fingerprint density at radius 1 is 1.41 bits per heavy atom. The number of urea groups is 1. The van der Waals surface area contributed by atoms with Crippen molar-refractivity contribution in [3.8, 4) is 0 Å². The van der Waals surface area contributed by atoms with Gasteiger partial charge in [-0.25, -0.2) is 14.0 Å². The van der Waals surface area contributed by atoms with Crippen LogP contribution in [0.15, 0.2) is 35.5 Å². The number of carbonyl (C=O) groups excluding carboxylic acids is 2. The quantitative estimate of drug-likeness (QED) is 0.841. The van der Waals surface area contributed by atoms with Crippen LogP contribution in [0.1, 0.15) is 38.8 Å². The number of hydrogen-bond acceptors (Lipinski definition) is 3. The molecule has 1 aromatic rings. The van der Waals surface area contributed by atoms with Gasteiger partial charge in [0.25, 0.3) is 0 Å². The molecule has 0 spiro atoms. The van der Waals surface area contributed by atoms with Crippen LogP contribution in [0, 0.1) is 5.82 Å². The first-order valence-electron chi connectivity index (χ1n) is 7.17. The fourth-order valence-corrected chi connectivity index (χ4v) is 2.24. The number of allylic oxidation sites excluding steroid dienone is 1. The highest BCUT2D eigenvalue weighted by molar-refractivity contribution is 5.95. The number of esters is 1. The molecule has 2 amide bonds. The van der Waals surface area contributed by atoms with Gasteiger partial charge in [-0.1, -0.05) is 25.1 Å². The molecule has 0 aliphatic carbocycles. The largest absolute Gasteiger partial charge is 0.459 e. The summed E-state index contributed by atoms with van der Waals surface area (Å²) in [5.41, 5.74) is 0.808. The summed E-state index contributed by atoms with van der Waals surface area (Å²) in [6, 6.07) is 4.68. The van der Waals surface area contributed by atoms with E-state index in [1.807, 2.05) is 6.92 Å². The van der Waals surface area contributed by atoms with Gasteiger partial charge in [-0.3, -0.25) is 0 Å². The van der Waals surface area contributed by atoms with Crippen LogP contribution < -0.4 is 10.6 Å². The second-order valence-electron chi connectivity index (χ2n) is 5.22. The van der Waals surface area contributed by atoms with Crippen molar-refractivity contribution >= 4 is 12.0 Å². The van der Waals surface area contributed by atoms with Crippen LogP contribution in [0.4, 0.5) is 9.18 Å². The van der Waals surface area contributed by atoms with Gasteiger partial charge in [0.05, 0.1) is 17.7 Å². The normalized spacial score (nSPS) is 19.3. The minimum atomic E-state index is -0.869. The van der Waals surface area contributed by atoms with Crippen molar-refractivity contribution in [3.63, 3.8) is 0 Å². The van der Waals surface area contributed by atoms with Crippen molar-refractivity contribution in [1.82, 2.24) is 10.6 Å². The lowest BCUT2D eigenvalue weighted by Gasteiger charge is -2.29. The first-order chi connectivity index (χ1) is 10.4. The van der Waals surface area contributed by atoms with E-state index in [9.17, 15) is 14.0 Å². The van der Waals surface area contributed by atoms with Gasteiger partial charge in [0.1, 0.15) is 5.82 Å². The Morgan fingerprint density at radius 3 is 2.73 bits per heavy atom. The van der Waals surface area contributed by atoms with E-state index in [-0.39, 0.29) is 17.2 Å². The number of hydrogen-bond donors (Lipinski definition) is 2. The molecule has 0 radical (unpaired) electrons. The van der Waals surface area contributed by atoms with Crippen molar-refractivity contribution in [2.75, 3.05) is 0 Å². The summed E-state index contributed by atoms with van der Waals surface area (Å²) in [5, 5.41) is 5.10. The van der Waals surface area contributed by atoms with E-state index in [2.05, 4.69) is 10.6 Å². The molecule has 6 heteroatoms. The number of amides is 2. The molecule has 1 aliphatic heterocycles. The number of halogens is 1.